The maximum absolute atomic E-state index is 17.5. The number of aromatic nitrogens is 1. The second-order valence-corrected chi connectivity index (χ2v) is 12.2. The molecule has 3 aromatic carbocycles. The van der Waals surface area contributed by atoms with Crippen LogP contribution < -0.4 is 0 Å². The molecule has 3 nitrogen and oxygen atoms in total. The highest BCUT2D eigenvalue weighted by molar-refractivity contribution is 6.27. The Kier molecular flexibility index (Phi) is 6.06. The molecule has 7 rings (SSSR count). The van der Waals surface area contributed by atoms with Gasteiger partial charge in [-0.25, -0.2) is 0 Å². The van der Waals surface area contributed by atoms with Gasteiger partial charge in [-0.1, -0.05) is 53.0 Å². The van der Waals surface area contributed by atoms with E-state index < -0.39 is 5.54 Å². The van der Waals surface area contributed by atoms with E-state index in [0.717, 1.165) is 92.2 Å². The average Bonchev–Trinajstić information content (AvgIpc) is 3.37. The van der Waals surface area contributed by atoms with Gasteiger partial charge in [-0.3, -0.25) is 0 Å². The van der Waals surface area contributed by atoms with Crippen LogP contribution in [-0.2, 0) is 24.8 Å². The first-order valence-corrected chi connectivity index (χ1v) is 14.7. The monoisotopic (exact) mass is 559 g/mol. The maximum Gasteiger partial charge on any atom is 0.116 e. The summed E-state index contributed by atoms with van der Waals surface area (Å²) in [5.74, 6) is 0.156. The van der Waals surface area contributed by atoms with E-state index in [-0.39, 0.29) is 5.75 Å². The summed E-state index contributed by atoms with van der Waals surface area (Å²) in [5.41, 5.74) is 12.4. The van der Waals surface area contributed by atoms with Crippen molar-refractivity contribution in [3.8, 4) is 17.0 Å². The molecule has 0 saturated heterocycles. The van der Waals surface area contributed by atoms with Crippen LogP contribution >= 0.6 is 0 Å². The molecule has 1 atom stereocenters. The number of aromatic hydroxyl groups is 1. The Morgan fingerprint density at radius 3 is 2.24 bits per heavy atom. The molecule has 6 heteroatoms. The third-order valence-electron chi connectivity index (χ3n) is 10.0. The van der Waals surface area contributed by atoms with Crippen LogP contribution in [0.15, 0.2) is 77.5 Å². The lowest BCUT2D eigenvalue weighted by Gasteiger charge is -2.39. The first-order valence-electron chi connectivity index (χ1n) is 14.7. The summed E-state index contributed by atoms with van der Waals surface area (Å²) >= 11 is 0. The number of allylic oxidation sites excluding steroid dienone is 1. The van der Waals surface area contributed by atoms with E-state index in [1.807, 2.05) is 65.0 Å². The molecule has 2 heterocycles. The van der Waals surface area contributed by atoms with Gasteiger partial charge in [0.05, 0.1) is 5.70 Å². The normalized spacial score (nSPS) is 20.3. The smallest absolute Gasteiger partial charge is 0.116 e. The van der Waals surface area contributed by atoms with Crippen LogP contribution in [0.25, 0.3) is 16.8 Å². The van der Waals surface area contributed by atoms with Crippen LogP contribution in [0.3, 0.4) is 0 Å². The highest BCUT2D eigenvalue weighted by Crippen LogP contribution is 2.56. The Morgan fingerprint density at radius 2 is 1.52 bits per heavy atom. The predicted molar refractivity (Wildman–Crippen MR) is 166 cm³/mol. The molecule has 42 heavy (non-hydrogen) atoms. The summed E-state index contributed by atoms with van der Waals surface area (Å²) in [6.07, 6.45) is 3.26. The Bertz CT molecular complexity index is 1840. The maximum atomic E-state index is 17.5. The molecule has 1 aromatic heterocycles. The van der Waals surface area contributed by atoms with Crippen LogP contribution in [0, 0.1) is 20.8 Å². The van der Waals surface area contributed by atoms with E-state index in [4.69, 9.17) is 0 Å². The summed E-state index contributed by atoms with van der Waals surface area (Å²) < 4.78 is 34.4. The van der Waals surface area contributed by atoms with Crippen molar-refractivity contribution in [2.24, 2.45) is 0 Å². The van der Waals surface area contributed by atoms with Crippen LogP contribution in [0.1, 0.15) is 70.5 Å². The van der Waals surface area contributed by atoms with Gasteiger partial charge >= 0.3 is 0 Å². The minimum absolute atomic E-state index is 0.156. The largest absolute Gasteiger partial charge is 0.570 e. The minimum atomic E-state index is -0.963. The van der Waals surface area contributed by atoms with E-state index in [1.54, 1.807) is 16.6 Å². The van der Waals surface area contributed by atoms with Crippen LogP contribution in [0.5, 0.6) is 5.75 Å². The number of aryl methyl sites for hydroxylation is 4. The standard InChI is InChI=1S/C36H34BF2N2O/c1-20-18-26(42)19-21(2)31(20)32(33-22(3)27-16-14-24-10-6-8-12-28(24)35(27)40(33)37-38)34-23(4)29-17-15-25-11-7-9-13-30(25)36(29,5)41(34)39/h6-13,18-19,42H,14-17H2,1-5H3/q-1/b34-32-. The molecular formula is C36H34BF2N2O-. The van der Waals surface area contributed by atoms with Gasteiger partial charge < -0.3 is 13.9 Å². The minimum Gasteiger partial charge on any atom is -0.570 e. The summed E-state index contributed by atoms with van der Waals surface area (Å²) in [6.45, 7) is 9.89. The molecule has 2 radical (unpaired) electrons. The molecule has 1 aliphatic heterocycles. The second kappa shape index (κ2) is 9.48. The number of hydrogen-bond acceptors (Lipinski definition) is 2. The van der Waals surface area contributed by atoms with Crippen LogP contribution in [-0.4, -0.2) is 22.4 Å². The van der Waals surface area contributed by atoms with Crippen molar-refractivity contribution in [2.75, 3.05) is 0 Å². The lowest BCUT2D eigenvalue weighted by molar-refractivity contribution is -0.0113. The van der Waals surface area contributed by atoms with E-state index in [1.165, 1.54) is 5.56 Å². The Labute approximate surface area is 247 Å². The van der Waals surface area contributed by atoms with E-state index in [9.17, 15) is 5.11 Å². The zero-order valence-corrected chi connectivity index (χ0v) is 24.8. The van der Waals surface area contributed by atoms with E-state index in [0.29, 0.717) is 24.7 Å². The van der Waals surface area contributed by atoms with Crippen molar-refractivity contribution in [1.29, 1.82) is 0 Å². The summed E-state index contributed by atoms with van der Waals surface area (Å²) in [4.78, 5) is 0. The fourth-order valence-electron chi connectivity index (χ4n) is 8.13. The molecule has 4 aromatic rings. The number of phenols is 1. The first-order chi connectivity index (χ1) is 20.2. The fourth-order valence-corrected chi connectivity index (χ4v) is 8.13. The molecule has 1 N–H and O–H groups in total. The topological polar surface area (TPSA) is 28.4 Å². The molecular weight excluding hydrogens is 525 g/mol. The fraction of sp³-hybridized carbons (Fsp3) is 0.278. The summed E-state index contributed by atoms with van der Waals surface area (Å²) in [5, 5.41) is 11.4. The lowest BCUT2D eigenvalue weighted by Crippen LogP contribution is -2.38. The van der Waals surface area contributed by atoms with Gasteiger partial charge in [-0.2, -0.15) is 5.12 Å². The average molecular weight is 559 g/mol. The quantitative estimate of drug-likeness (QED) is 0.202. The van der Waals surface area contributed by atoms with Crippen molar-refractivity contribution in [3.63, 3.8) is 0 Å². The summed E-state index contributed by atoms with van der Waals surface area (Å²) in [6, 6.07) is 19.7. The number of phenolic OH excluding ortho intramolecular Hbond substituents is 1. The van der Waals surface area contributed by atoms with Gasteiger partial charge in [0.1, 0.15) is 11.3 Å². The van der Waals surface area contributed by atoms with Gasteiger partial charge in [-0.05, 0) is 134 Å². The number of benzene rings is 3. The number of fused-ring (bicyclic) bond motifs is 6. The first kappa shape index (κ1) is 26.8. The molecule has 0 spiro atoms. The van der Waals surface area contributed by atoms with Gasteiger partial charge in [-0.15, -0.1) is 0 Å². The molecule has 0 amide bonds. The van der Waals surface area contributed by atoms with E-state index >= 15 is 8.80 Å². The highest BCUT2D eigenvalue weighted by Gasteiger charge is 2.50. The Hall–Kier alpha value is -4.06. The molecule has 1 unspecified atom stereocenters. The Morgan fingerprint density at radius 1 is 0.881 bits per heavy atom. The number of nitrogens with zero attached hydrogens (tertiary/aromatic N) is 2. The van der Waals surface area contributed by atoms with Crippen molar-refractivity contribution >= 4 is 13.3 Å². The molecule has 0 fully saturated rings. The molecule has 212 valence electrons. The molecule has 3 aliphatic rings. The van der Waals surface area contributed by atoms with Crippen molar-refractivity contribution in [2.45, 2.75) is 65.8 Å². The van der Waals surface area contributed by atoms with Crippen molar-refractivity contribution < 1.29 is 13.9 Å². The SMILES string of the molecule is CC1=C2CCc3ccccc3C2(C)N(F)/C1=C(/c1c(C)cc(O)cc1C)c1c(C)c2c(n1[B-]F)-c1ccccc1CC2. The number of halogens is 2. The molecule has 2 aliphatic carbocycles. The lowest BCUT2D eigenvalue weighted by atomic mass is 9.74. The molecule has 0 bridgehead atoms. The van der Waals surface area contributed by atoms with Gasteiger partial charge in [0.25, 0.3) is 0 Å². The van der Waals surface area contributed by atoms with Gasteiger partial charge in [0.2, 0.25) is 0 Å². The van der Waals surface area contributed by atoms with Crippen LogP contribution in [0.2, 0.25) is 0 Å². The third-order valence-corrected chi connectivity index (χ3v) is 10.0. The Balaban J connectivity index is 1.61. The zero-order valence-electron chi connectivity index (χ0n) is 24.8. The molecule has 0 saturated carbocycles. The number of rotatable bonds is 3. The van der Waals surface area contributed by atoms with Gasteiger partial charge in [0, 0.05) is 24.7 Å². The highest BCUT2D eigenvalue weighted by atomic mass is 19.2. The van der Waals surface area contributed by atoms with Crippen molar-refractivity contribution in [3.05, 3.63) is 128 Å². The second-order valence-electron chi connectivity index (χ2n) is 12.2. The van der Waals surface area contributed by atoms with E-state index in [2.05, 4.69) is 18.2 Å². The zero-order chi connectivity index (χ0) is 29.5. The van der Waals surface area contributed by atoms with Crippen LogP contribution in [0.4, 0.5) is 8.80 Å². The number of hydrogen-bond donors (Lipinski definition) is 1. The summed E-state index contributed by atoms with van der Waals surface area (Å²) in [7, 11) is 0.638. The van der Waals surface area contributed by atoms with Gasteiger partial charge in [0.15, 0.2) is 0 Å². The predicted octanol–water partition coefficient (Wildman–Crippen LogP) is 8.37. The van der Waals surface area contributed by atoms with Crippen molar-refractivity contribution in [1.82, 2.24) is 9.60 Å². The third kappa shape index (κ3) is 3.50.